The largest absolute Gasteiger partial charge is 0.402 e. The van der Waals surface area contributed by atoms with E-state index in [1.807, 2.05) is 6.07 Å². The van der Waals surface area contributed by atoms with Crippen LogP contribution in [0.3, 0.4) is 0 Å². The highest BCUT2D eigenvalue weighted by Gasteiger charge is 2.59. The Morgan fingerprint density at radius 2 is 1.74 bits per heavy atom. The lowest BCUT2D eigenvalue weighted by molar-refractivity contribution is -0.207. The number of nitrogens with zero attached hydrogens (tertiary/aromatic N) is 5. The van der Waals surface area contributed by atoms with Crippen molar-refractivity contribution in [3.63, 3.8) is 0 Å². The Labute approximate surface area is 230 Å². The zero-order valence-corrected chi connectivity index (χ0v) is 21.9. The third kappa shape index (κ3) is 5.44. The molecule has 2 amide bonds. The first-order valence-corrected chi connectivity index (χ1v) is 12.0. The number of oxime groups is 1. The Hall–Kier alpha value is -4.01. The first-order valence-electron chi connectivity index (χ1n) is 11.3. The van der Waals surface area contributed by atoms with E-state index >= 15 is 0 Å². The molecule has 2 aromatic carbocycles. The SMILES string of the molecule is CC(=O)N(C(=O)c1ccc(C2=NOCC(c3cc(Cl)cc(Cl)c3)(C(F)(F)F)C2)cc1C)c1ncc(C#N)cn1. The quantitative estimate of drug-likeness (QED) is 0.390. The van der Waals surface area contributed by atoms with Crippen LogP contribution in [0.2, 0.25) is 10.0 Å². The van der Waals surface area contributed by atoms with Gasteiger partial charge >= 0.3 is 6.18 Å². The highest BCUT2D eigenvalue weighted by atomic mass is 35.5. The monoisotopic (exact) mass is 575 g/mol. The van der Waals surface area contributed by atoms with Crippen molar-refractivity contribution in [2.75, 3.05) is 11.5 Å². The number of amides is 2. The predicted octanol–water partition coefficient (Wildman–Crippen LogP) is 5.78. The zero-order chi connectivity index (χ0) is 28.5. The van der Waals surface area contributed by atoms with Gasteiger partial charge in [-0.05, 0) is 53.9 Å². The molecule has 1 aliphatic rings. The number of carbonyl (C=O) groups excluding carboxylic acids is 2. The van der Waals surface area contributed by atoms with E-state index < -0.39 is 36.4 Å². The third-order valence-corrected chi connectivity index (χ3v) is 6.62. The van der Waals surface area contributed by atoms with E-state index in [-0.39, 0.29) is 44.0 Å². The second kappa shape index (κ2) is 10.6. The van der Waals surface area contributed by atoms with Gasteiger partial charge in [0.25, 0.3) is 5.91 Å². The molecule has 200 valence electrons. The number of alkyl halides is 3. The minimum absolute atomic E-state index is 0.00405. The van der Waals surface area contributed by atoms with Crippen LogP contribution in [0.5, 0.6) is 0 Å². The van der Waals surface area contributed by atoms with Crippen LogP contribution in [0.25, 0.3) is 0 Å². The molecule has 1 aliphatic heterocycles. The summed E-state index contributed by atoms with van der Waals surface area (Å²) in [6, 6.07) is 9.83. The third-order valence-electron chi connectivity index (χ3n) is 6.19. The van der Waals surface area contributed by atoms with Gasteiger partial charge in [0, 0.05) is 29.0 Å². The molecule has 0 spiro atoms. The van der Waals surface area contributed by atoms with Crippen LogP contribution >= 0.6 is 23.2 Å². The summed E-state index contributed by atoms with van der Waals surface area (Å²) in [5, 5.41) is 12.9. The average Bonchev–Trinajstić information content (AvgIpc) is 2.87. The second-order valence-electron chi connectivity index (χ2n) is 8.80. The van der Waals surface area contributed by atoms with Crippen LogP contribution < -0.4 is 4.90 Å². The van der Waals surface area contributed by atoms with Crippen molar-refractivity contribution >= 4 is 46.7 Å². The van der Waals surface area contributed by atoms with Gasteiger partial charge in [-0.3, -0.25) is 9.59 Å². The number of aromatic nitrogens is 2. The lowest BCUT2D eigenvalue weighted by atomic mass is 9.74. The highest BCUT2D eigenvalue weighted by Crippen LogP contribution is 2.47. The first-order chi connectivity index (χ1) is 18.4. The molecule has 0 fully saturated rings. The van der Waals surface area contributed by atoms with Gasteiger partial charge in [0.05, 0.1) is 23.7 Å². The number of nitriles is 1. The van der Waals surface area contributed by atoms with E-state index in [0.717, 1.165) is 11.8 Å². The molecule has 1 unspecified atom stereocenters. The van der Waals surface area contributed by atoms with Crippen LogP contribution in [0.15, 0.2) is 53.9 Å². The molecule has 0 N–H and O–H groups in total. The summed E-state index contributed by atoms with van der Waals surface area (Å²) in [4.78, 5) is 39.2. The maximum Gasteiger partial charge on any atom is 0.402 e. The minimum Gasteiger partial charge on any atom is -0.394 e. The number of hydrogen-bond acceptors (Lipinski definition) is 7. The first kappa shape index (κ1) is 28.0. The molecule has 4 rings (SSSR count). The van der Waals surface area contributed by atoms with Gasteiger partial charge in [-0.25, -0.2) is 14.9 Å². The fourth-order valence-corrected chi connectivity index (χ4v) is 4.70. The summed E-state index contributed by atoms with van der Waals surface area (Å²) in [7, 11) is 0. The molecule has 3 aromatic rings. The Morgan fingerprint density at radius 3 is 2.28 bits per heavy atom. The Bertz CT molecular complexity index is 1520. The lowest BCUT2D eigenvalue weighted by Gasteiger charge is -2.38. The van der Waals surface area contributed by atoms with Gasteiger partial charge in [-0.2, -0.15) is 18.4 Å². The van der Waals surface area contributed by atoms with Crippen LogP contribution in [0, 0.1) is 18.3 Å². The highest BCUT2D eigenvalue weighted by molar-refractivity contribution is 6.34. The van der Waals surface area contributed by atoms with Crippen LogP contribution in [0.4, 0.5) is 19.1 Å². The number of rotatable bonds is 4. The molecule has 1 aromatic heterocycles. The van der Waals surface area contributed by atoms with E-state index in [1.54, 1.807) is 6.92 Å². The fourth-order valence-electron chi connectivity index (χ4n) is 4.18. The number of carbonyl (C=O) groups is 2. The maximum atomic E-state index is 14.5. The molecule has 0 radical (unpaired) electrons. The topological polar surface area (TPSA) is 109 Å². The Morgan fingerprint density at radius 1 is 1.10 bits per heavy atom. The summed E-state index contributed by atoms with van der Waals surface area (Å²) in [5.74, 6) is -1.65. The molecule has 1 atom stereocenters. The summed E-state index contributed by atoms with van der Waals surface area (Å²) in [6.45, 7) is 1.94. The van der Waals surface area contributed by atoms with Gasteiger partial charge in [0.1, 0.15) is 18.1 Å². The number of hydrogen-bond donors (Lipinski definition) is 0. The van der Waals surface area contributed by atoms with Gasteiger partial charge in [0.2, 0.25) is 11.9 Å². The molecule has 8 nitrogen and oxygen atoms in total. The van der Waals surface area contributed by atoms with Crippen molar-refractivity contribution < 1.29 is 27.6 Å². The summed E-state index contributed by atoms with van der Waals surface area (Å²) < 4.78 is 43.6. The second-order valence-corrected chi connectivity index (χ2v) is 9.67. The van der Waals surface area contributed by atoms with Gasteiger partial charge in [0.15, 0.2) is 0 Å². The van der Waals surface area contributed by atoms with Crippen molar-refractivity contribution in [3.05, 3.63) is 86.7 Å². The van der Waals surface area contributed by atoms with Crippen molar-refractivity contribution in [1.29, 1.82) is 5.26 Å². The molecule has 0 saturated carbocycles. The van der Waals surface area contributed by atoms with E-state index in [4.69, 9.17) is 33.3 Å². The normalized spacial score (nSPS) is 17.0. The van der Waals surface area contributed by atoms with Crippen LogP contribution in [-0.2, 0) is 15.0 Å². The van der Waals surface area contributed by atoms with E-state index in [1.165, 1.54) is 48.8 Å². The van der Waals surface area contributed by atoms with E-state index in [0.29, 0.717) is 5.56 Å². The van der Waals surface area contributed by atoms with Crippen LogP contribution in [-0.4, -0.2) is 40.3 Å². The average molecular weight is 576 g/mol. The molecular weight excluding hydrogens is 558 g/mol. The summed E-state index contributed by atoms with van der Waals surface area (Å²) >= 11 is 12.0. The predicted molar refractivity (Wildman–Crippen MR) is 137 cm³/mol. The molecular formula is C26H18Cl2F3N5O3. The van der Waals surface area contributed by atoms with E-state index in [2.05, 4.69) is 15.1 Å². The molecule has 0 aliphatic carbocycles. The Balaban J connectivity index is 1.69. The molecule has 2 heterocycles. The maximum absolute atomic E-state index is 14.5. The van der Waals surface area contributed by atoms with Crippen molar-refractivity contribution in [2.24, 2.45) is 5.16 Å². The van der Waals surface area contributed by atoms with Gasteiger partial charge < -0.3 is 4.84 Å². The molecule has 0 saturated heterocycles. The number of benzene rings is 2. The number of imide groups is 1. The number of aryl methyl sites for hydroxylation is 1. The van der Waals surface area contributed by atoms with Crippen molar-refractivity contribution in [1.82, 2.24) is 9.97 Å². The summed E-state index contributed by atoms with van der Waals surface area (Å²) in [5.41, 5.74) is -1.77. The van der Waals surface area contributed by atoms with Gasteiger partial charge in [-0.1, -0.05) is 34.4 Å². The lowest BCUT2D eigenvalue weighted by Crippen LogP contribution is -2.49. The van der Waals surface area contributed by atoms with E-state index in [9.17, 15) is 22.8 Å². The smallest absolute Gasteiger partial charge is 0.394 e. The number of anilines is 1. The molecule has 39 heavy (non-hydrogen) atoms. The number of halogens is 5. The fraction of sp³-hybridized carbons (Fsp3) is 0.231. The molecule has 13 heteroatoms. The zero-order valence-electron chi connectivity index (χ0n) is 20.4. The molecule has 0 bridgehead atoms. The standard InChI is InChI=1S/C26H18Cl2F3N5O3/c1-14-5-17(3-4-21(14)23(38)36(15(2)37)24-33-11-16(10-32)12-34-24)22-9-25(13-39-35-22,26(29,30)31)18-6-19(27)8-20(28)7-18/h3-8,11-12H,9,13H2,1-2H3. The Kier molecular flexibility index (Phi) is 7.63. The van der Waals surface area contributed by atoms with Crippen LogP contribution in [0.1, 0.15) is 46.0 Å². The minimum atomic E-state index is -4.74. The van der Waals surface area contributed by atoms with Gasteiger partial charge in [-0.15, -0.1) is 0 Å². The van der Waals surface area contributed by atoms with Crippen molar-refractivity contribution in [2.45, 2.75) is 31.9 Å². The van der Waals surface area contributed by atoms with Crippen molar-refractivity contribution in [3.8, 4) is 6.07 Å². The summed E-state index contributed by atoms with van der Waals surface area (Å²) in [6.07, 6.45) is -2.97.